The molecular formula is C25H28Cl3N5O. The smallest absolute Gasteiger partial charge is 0.254 e. The van der Waals surface area contributed by atoms with Gasteiger partial charge in [0, 0.05) is 37.6 Å². The van der Waals surface area contributed by atoms with Crippen molar-refractivity contribution in [1.29, 1.82) is 0 Å². The van der Waals surface area contributed by atoms with Gasteiger partial charge in [-0.25, -0.2) is 4.98 Å². The van der Waals surface area contributed by atoms with Gasteiger partial charge in [0.05, 0.1) is 21.1 Å². The molecule has 0 unspecified atom stereocenters. The van der Waals surface area contributed by atoms with Gasteiger partial charge in [0.1, 0.15) is 5.82 Å². The van der Waals surface area contributed by atoms with E-state index < -0.39 is 0 Å². The first kappa shape index (κ1) is 24.8. The molecule has 0 aliphatic heterocycles. The van der Waals surface area contributed by atoms with Crippen LogP contribution in [0.15, 0.2) is 36.4 Å². The lowest BCUT2D eigenvalue weighted by molar-refractivity contribution is 0.0942. The van der Waals surface area contributed by atoms with E-state index in [1.54, 1.807) is 0 Å². The van der Waals surface area contributed by atoms with E-state index in [1.165, 1.54) is 12.1 Å². The molecule has 1 heterocycles. The fourth-order valence-electron chi connectivity index (χ4n) is 4.44. The lowest BCUT2D eigenvalue weighted by atomic mass is 9.82. The van der Waals surface area contributed by atoms with Crippen LogP contribution in [0.1, 0.15) is 36.0 Å². The number of para-hydroxylation sites is 1. The predicted molar refractivity (Wildman–Crippen MR) is 142 cm³/mol. The Kier molecular flexibility index (Phi) is 8.02. The normalized spacial score (nSPS) is 18.0. The number of rotatable bonds is 7. The van der Waals surface area contributed by atoms with Crippen LogP contribution in [0.5, 0.6) is 0 Å². The van der Waals surface area contributed by atoms with Gasteiger partial charge in [-0.15, -0.1) is 0 Å². The summed E-state index contributed by atoms with van der Waals surface area (Å²) >= 11 is 18.3. The molecule has 1 amide bonds. The molecule has 0 spiro atoms. The summed E-state index contributed by atoms with van der Waals surface area (Å²) in [5.41, 5.74) is 1.21. The minimum absolute atomic E-state index is 0.262. The Morgan fingerprint density at radius 3 is 2.24 bits per heavy atom. The molecule has 6 nitrogen and oxygen atoms in total. The summed E-state index contributed by atoms with van der Waals surface area (Å²) in [6.45, 7) is 1.44. The maximum absolute atomic E-state index is 12.6. The van der Waals surface area contributed by atoms with Gasteiger partial charge in [0.2, 0.25) is 5.95 Å². The third-order valence-electron chi connectivity index (χ3n) is 6.31. The summed E-state index contributed by atoms with van der Waals surface area (Å²) in [7, 11) is 3.99. The maximum Gasteiger partial charge on any atom is 0.254 e. The van der Waals surface area contributed by atoms with E-state index in [0.717, 1.165) is 48.9 Å². The van der Waals surface area contributed by atoms with E-state index >= 15 is 0 Å². The molecule has 1 aliphatic rings. The van der Waals surface area contributed by atoms with E-state index in [-0.39, 0.29) is 21.5 Å². The van der Waals surface area contributed by atoms with Gasteiger partial charge < -0.3 is 15.5 Å². The van der Waals surface area contributed by atoms with E-state index in [1.807, 2.05) is 43.3 Å². The fourth-order valence-corrected chi connectivity index (χ4v) is 5.43. The number of aromatic nitrogens is 2. The minimum atomic E-state index is -0.263. The van der Waals surface area contributed by atoms with Crippen LogP contribution < -0.4 is 15.5 Å². The average molecular weight is 521 g/mol. The zero-order chi connectivity index (χ0) is 24.2. The summed E-state index contributed by atoms with van der Waals surface area (Å²) in [6, 6.07) is 11.1. The predicted octanol–water partition coefficient (Wildman–Crippen LogP) is 6.30. The number of amides is 1. The first-order valence-electron chi connectivity index (χ1n) is 11.4. The number of halogens is 3. The van der Waals surface area contributed by atoms with Crippen molar-refractivity contribution in [1.82, 2.24) is 15.3 Å². The third-order valence-corrected chi connectivity index (χ3v) is 7.12. The number of benzene rings is 2. The van der Waals surface area contributed by atoms with Crippen molar-refractivity contribution in [3.05, 3.63) is 57.0 Å². The molecule has 9 heteroatoms. The molecule has 1 fully saturated rings. The Labute approximate surface area is 215 Å². The van der Waals surface area contributed by atoms with Crippen LogP contribution in [0, 0.1) is 11.8 Å². The number of carbonyl (C=O) groups is 1. The van der Waals surface area contributed by atoms with Crippen molar-refractivity contribution in [3.8, 4) is 0 Å². The molecule has 2 aromatic carbocycles. The molecule has 1 saturated carbocycles. The van der Waals surface area contributed by atoms with Crippen LogP contribution in [-0.4, -0.2) is 43.1 Å². The highest BCUT2D eigenvalue weighted by molar-refractivity contribution is 6.42. The highest BCUT2D eigenvalue weighted by atomic mass is 35.5. The largest absolute Gasteiger partial charge is 0.362 e. The first-order chi connectivity index (χ1) is 16.3. The Hall–Kier alpha value is -2.28. The summed E-state index contributed by atoms with van der Waals surface area (Å²) in [5, 5.41) is 8.41. The molecule has 0 saturated heterocycles. The number of fused-ring (bicyclic) bond motifs is 1. The maximum atomic E-state index is 12.6. The average Bonchev–Trinajstić information content (AvgIpc) is 2.80. The van der Waals surface area contributed by atoms with Crippen LogP contribution in [-0.2, 0) is 0 Å². The highest BCUT2D eigenvalue weighted by Gasteiger charge is 2.23. The van der Waals surface area contributed by atoms with Gasteiger partial charge in [-0.1, -0.05) is 46.9 Å². The van der Waals surface area contributed by atoms with Crippen LogP contribution in [0.2, 0.25) is 15.1 Å². The Balaban J connectivity index is 1.28. The SMILES string of the molecule is CN(C)c1nc(NCC2CCC(CNC(=O)c3c(Cl)cc(Cl)cc3Cl)CC2)nc2ccccc12. The molecule has 0 atom stereocenters. The van der Waals surface area contributed by atoms with Gasteiger partial charge in [0.25, 0.3) is 5.91 Å². The number of hydrogen-bond acceptors (Lipinski definition) is 5. The summed E-state index contributed by atoms with van der Waals surface area (Å²) in [5.74, 6) is 2.29. The second-order valence-corrected chi connectivity index (χ2v) is 10.3. The van der Waals surface area contributed by atoms with Crippen LogP contribution >= 0.6 is 34.8 Å². The van der Waals surface area contributed by atoms with Crippen LogP contribution in [0.4, 0.5) is 11.8 Å². The summed E-state index contributed by atoms with van der Waals surface area (Å²) < 4.78 is 0. The van der Waals surface area contributed by atoms with Gasteiger partial charge >= 0.3 is 0 Å². The molecule has 0 bridgehead atoms. The lowest BCUT2D eigenvalue weighted by Crippen LogP contribution is -2.32. The second-order valence-electron chi connectivity index (χ2n) is 9.00. The molecule has 2 N–H and O–H groups in total. The van der Waals surface area contributed by atoms with Gasteiger partial charge in [-0.05, 0) is 61.8 Å². The number of anilines is 2. The zero-order valence-electron chi connectivity index (χ0n) is 19.2. The van der Waals surface area contributed by atoms with Gasteiger partial charge in [-0.3, -0.25) is 4.79 Å². The Bertz CT molecular complexity index is 1160. The molecule has 1 aliphatic carbocycles. The molecule has 1 aromatic heterocycles. The topological polar surface area (TPSA) is 70.2 Å². The van der Waals surface area contributed by atoms with Crippen molar-refractivity contribution in [2.75, 3.05) is 37.4 Å². The fraction of sp³-hybridized carbons (Fsp3) is 0.400. The minimum Gasteiger partial charge on any atom is -0.362 e. The van der Waals surface area contributed by atoms with Crippen LogP contribution in [0.25, 0.3) is 10.9 Å². The molecular weight excluding hydrogens is 493 g/mol. The van der Waals surface area contributed by atoms with Crippen molar-refractivity contribution in [3.63, 3.8) is 0 Å². The summed E-state index contributed by atoms with van der Waals surface area (Å²) in [6.07, 6.45) is 4.28. The Morgan fingerprint density at radius 2 is 1.59 bits per heavy atom. The van der Waals surface area contributed by atoms with E-state index in [0.29, 0.717) is 29.4 Å². The number of hydrogen-bond donors (Lipinski definition) is 2. The number of nitrogens with one attached hydrogen (secondary N) is 2. The number of carbonyl (C=O) groups excluding carboxylic acids is 1. The second kappa shape index (κ2) is 11.0. The first-order valence-corrected chi connectivity index (χ1v) is 12.6. The highest BCUT2D eigenvalue weighted by Crippen LogP contribution is 2.31. The van der Waals surface area contributed by atoms with E-state index in [4.69, 9.17) is 39.8 Å². The van der Waals surface area contributed by atoms with Crippen molar-refractivity contribution in [2.45, 2.75) is 25.7 Å². The third kappa shape index (κ3) is 5.85. The monoisotopic (exact) mass is 519 g/mol. The molecule has 3 aromatic rings. The summed E-state index contributed by atoms with van der Waals surface area (Å²) in [4.78, 5) is 24.0. The molecule has 4 rings (SSSR count). The van der Waals surface area contributed by atoms with Crippen molar-refractivity contribution < 1.29 is 4.79 Å². The van der Waals surface area contributed by atoms with E-state index in [9.17, 15) is 4.79 Å². The van der Waals surface area contributed by atoms with Crippen molar-refractivity contribution in [2.24, 2.45) is 11.8 Å². The van der Waals surface area contributed by atoms with Gasteiger partial charge in [0.15, 0.2) is 0 Å². The van der Waals surface area contributed by atoms with Crippen molar-refractivity contribution >= 4 is 63.4 Å². The van der Waals surface area contributed by atoms with Gasteiger partial charge in [-0.2, -0.15) is 4.98 Å². The van der Waals surface area contributed by atoms with Crippen LogP contribution in [0.3, 0.4) is 0 Å². The number of nitrogens with zero attached hydrogens (tertiary/aromatic N) is 3. The molecule has 34 heavy (non-hydrogen) atoms. The van der Waals surface area contributed by atoms with E-state index in [2.05, 4.69) is 15.6 Å². The lowest BCUT2D eigenvalue weighted by Gasteiger charge is -2.29. The standard InChI is InChI=1S/C25H28Cl3N5O/c1-33(2)23-18-5-3-4-6-21(18)31-25(32-23)30-14-16-9-7-15(8-10-16)13-29-24(34)22-19(27)11-17(26)12-20(22)28/h3-6,11-12,15-16H,7-10,13-14H2,1-2H3,(H,29,34)(H,30,31,32). The zero-order valence-corrected chi connectivity index (χ0v) is 21.5. The molecule has 0 radical (unpaired) electrons. The molecule has 180 valence electrons. The quantitative estimate of drug-likeness (QED) is 0.382. The Morgan fingerprint density at radius 1 is 0.971 bits per heavy atom.